The largest absolute Gasteiger partial charge is 0.444 e. The summed E-state index contributed by atoms with van der Waals surface area (Å²) >= 11 is 1.44. The molecule has 2 N–H and O–H groups in total. The number of nitrogens with one attached hydrogen (secondary N) is 1. The highest BCUT2D eigenvalue weighted by Crippen LogP contribution is 2.24. The van der Waals surface area contributed by atoms with Crippen molar-refractivity contribution >= 4 is 23.7 Å². The molecular weight excluding hydrogens is 412 g/mol. The summed E-state index contributed by atoms with van der Waals surface area (Å²) in [5.74, 6) is 0.703. The van der Waals surface area contributed by atoms with Crippen molar-refractivity contribution in [2.45, 2.75) is 50.5 Å². The predicted octanol–water partition coefficient (Wildman–Crippen LogP) is 3.39. The Hall–Kier alpha value is -1.48. The number of piperazine rings is 1. The summed E-state index contributed by atoms with van der Waals surface area (Å²) in [5, 5.41) is 8.84. The maximum absolute atomic E-state index is 12.2. The first-order valence-electron chi connectivity index (χ1n) is 11.4. The highest BCUT2D eigenvalue weighted by molar-refractivity contribution is 7.97. The number of aliphatic hydroxyl groups excluding tert-OH is 1. The van der Waals surface area contributed by atoms with Crippen LogP contribution >= 0.6 is 11.9 Å². The van der Waals surface area contributed by atoms with Gasteiger partial charge >= 0.3 is 6.09 Å². The Morgan fingerprint density at radius 1 is 1.10 bits per heavy atom. The van der Waals surface area contributed by atoms with Crippen LogP contribution in [0.25, 0.3) is 0 Å². The number of rotatable bonds is 7. The quantitative estimate of drug-likeness (QED) is 0.487. The van der Waals surface area contributed by atoms with Crippen LogP contribution in [0, 0.1) is 5.92 Å². The van der Waals surface area contributed by atoms with Crippen molar-refractivity contribution in [3.05, 3.63) is 24.3 Å². The van der Waals surface area contributed by atoms with E-state index in [9.17, 15) is 4.79 Å². The SMILES string of the molecule is CC(C)(C)OC(=O)N1CCC(CCN2CCN(c3ccc(SNCO)cc3)CC2)CC1. The van der Waals surface area contributed by atoms with E-state index in [1.54, 1.807) is 0 Å². The van der Waals surface area contributed by atoms with E-state index in [0.29, 0.717) is 5.92 Å². The van der Waals surface area contributed by atoms with Crippen LogP contribution in [0.15, 0.2) is 29.2 Å². The summed E-state index contributed by atoms with van der Waals surface area (Å²) in [4.78, 5) is 20.2. The molecule has 0 aliphatic carbocycles. The molecule has 0 unspecified atom stereocenters. The number of hydrogen-bond acceptors (Lipinski definition) is 7. The number of piperidine rings is 1. The van der Waals surface area contributed by atoms with Crippen LogP contribution in [-0.2, 0) is 4.74 Å². The van der Waals surface area contributed by atoms with Crippen molar-refractivity contribution in [1.29, 1.82) is 0 Å². The third-order valence-electron chi connectivity index (χ3n) is 5.95. The lowest BCUT2D eigenvalue weighted by molar-refractivity contribution is 0.0177. The minimum absolute atomic E-state index is 0.0305. The summed E-state index contributed by atoms with van der Waals surface area (Å²) in [7, 11) is 0. The zero-order chi connectivity index (χ0) is 22.3. The topological polar surface area (TPSA) is 68.3 Å². The maximum Gasteiger partial charge on any atom is 0.410 e. The van der Waals surface area contributed by atoms with E-state index < -0.39 is 5.60 Å². The predicted molar refractivity (Wildman–Crippen MR) is 126 cm³/mol. The molecule has 2 heterocycles. The fourth-order valence-corrected chi connectivity index (χ4v) is 4.67. The second-order valence-corrected chi connectivity index (χ2v) is 10.4. The van der Waals surface area contributed by atoms with Gasteiger partial charge in [-0.3, -0.25) is 4.90 Å². The normalized spacial score (nSPS) is 19.0. The van der Waals surface area contributed by atoms with E-state index in [0.717, 1.165) is 63.6 Å². The Kier molecular flexibility index (Phi) is 8.89. The number of ether oxygens (including phenoxy) is 1. The molecule has 1 aromatic rings. The molecule has 1 amide bonds. The number of hydrogen-bond donors (Lipinski definition) is 2. The van der Waals surface area contributed by atoms with Gasteiger partial charge in [0.15, 0.2) is 0 Å². The molecule has 2 saturated heterocycles. The molecule has 1 aromatic carbocycles. The van der Waals surface area contributed by atoms with E-state index in [-0.39, 0.29) is 12.8 Å². The van der Waals surface area contributed by atoms with Gasteiger partial charge in [0.05, 0.1) is 0 Å². The van der Waals surface area contributed by atoms with Gasteiger partial charge in [-0.2, -0.15) is 0 Å². The Balaban J connectivity index is 1.33. The summed E-state index contributed by atoms with van der Waals surface area (Å²) < 4.78 is 8.35. The van der Waals surface area contributed by atoms with Gasteiger partial charge in [0, 0.05) is 49.9 Å². The summed E-state index contributed by atoms with van der Waals surface area (Å²) in [6.07, 6.45) is 3.20. The zero-order valence-corrected chi connectivity index (χ0v) is 20.0. The number of carbonyl (C=O) groups excluding carboxylic acids is 1. The number of anilines is 1. The number of carbonyl (C=O) groups is 1. The Morgan fingerprint density at radius 3 is 2.32 bits per heavy atom. The fourth-order valence-electron chi connectivity index (χ4n) is 4.17. The molecule has 0 spiro atoms. The van der Waals surface area contributed by atoms with Crippen LogP contribution in [0.4, 0.5) is 10.5 Å². The van der Waals surface area contributed by atoms with E-state index in [2.05, 4.69) is 38.8 Å². The molecule has 31 heavy (non-hydrogen) atoms. The van der Waals surface area contributed by atoms with Gasteiger partial charge in [-0.15, -0.1) is 0 Å². The minimum atomic E-state index is -0.422. The monoisotopic (exact) mass is 450 g/mol. The van der Waals surface area contributed by atoms with Crippen LogP contribution in [0.5, 0.6) is 0 Å². The van der Waals surface area contributed by atoms with Crippen molar-refractivity contribution in [1.82, 2.24) is 14.5 Å². The van der Waals surface area contributed by atoms with Gasteiger partial charge in [-0.05, 0) is 88.7 Å². The number of benzene rings is 1. The molecule has 2 fully saturated rings. The van der Waals surface area contributed by atoms with Crippen LogP contribution in [0.3, 0.4) is 0 Å². The average molecular weight is 451 g/mol. The summed E-state index contributed by atoms with van der Waals surface area (Å²) in [6, 6.07) is 8.52. The van der Waals surface area contributed by atoms with Crippen molar-refractivity contribution in [3.8, 4) is 0 Å². The van der Waals surface area contributed by atoms with Crippen molar-refractivity contribution in [2.24, 2.45) is 5.92 Å². The first-order valence-corrected chi connectivity index (χ1v) is 12.2. The summed E-state index contributed by atoms with van der Waals surface area (Å²) in [5.41, 5.74) is 0.844. The molecule has 8 heteroatoms. The highest BCUT2D eigenvalue weighted by Gasteiger charge is 2.27. The van der Waals surface area contributed by atoms with Gasteiger partial charge in [-0.25, -0.2) is 9.52 Å². The number of likely N-dealkylation sites (tertiary alicyclic amines) is 1. The molecule has 0 saturated carbocycles. The first kappa shape index (κ1) is 24.2. The maximum atomic E-state index is 12.2. The molecule has 174 valence electrons. The van der Waals surface area contributed by atoms with Crippen LogP contribution in [0.1, 0.15) is 40.0 Å². The molecule has 0 bridgehead atoms. The molecule has 0 atom stereocenters. The van der Waals surface area contributed by atoms with Crippen molar-refractivity contribution < 1.29 is 14.6 Å². The first-order chi connectivity index (χ1) is 14.8. The molecular formula is C23H38N4O3S. The van der Waals surface area contributed by atoms with Gasteiger partial charge in [0.2, 0.25) is 0 Å². The molecule has 0 radical (unpaired) electrons. The Labute approximate surface area is 191 Å². The van der Waals surface area contributed by atoms with E-state index >= 15 is 0 Å². The lowest BCUT2D eigenvalue weighted by atomic mass is 9.93. The van der Waals surface area contributed by atoms with Crippen LogP contribution in [-0.4, -0.2) is 79.1 Å². The van der Waals surface area contributed by atoms with Gasteiger partial charge in [-0.1, -0.05) is 0 Å². The van der Waals surface area contributed by atoms with Crippen molar-refractivity contribution in [3.63, 3.8) is 0 Å². The minimum Gasteiger partial charge on any atom is -0.444 e. The van der Waals surface area contributed by atoms with Crippen LogP contribution in [0.2, 0.25) is 0 Å². The Bertz CT molecular complexity index is 679. The molecule has 7 nitrogen and oxygen atoms in total. The van der Waals surface area contributed by atoms with Gasteiger partial charge < -0.3 is 19.6 Å². The standard InChI is InChI=1S/C23H38N4O3S/c1-23(2,3)30-22(29)27-12-9-19(10-13-27)8-11-25-14-16-26(17-15-25)20-4-6-21(7-5-20)31-24-18-28/h4-7,19,24,28H,8-18H2,1-3H3. The molecule has 2 aliphatic rings. The fraction of sp³-hybridized carbons (Fsp3) is 0.696. The number of aliphatic hydroxyl groups is 1. The average Bonchev–Trinajstić information content (AvgIpc) is 2.76. The molecule has 0 aromatic heterocycles. The zero-order valence-electron chi connectivity index (χ0n) is 19.2. The smallest absolute Gasteiger partial charge is 0.410 e. The third kappa shape index (κ3) is 7.86. The van der Waals surface area contributed by atoms with Gasteiger partial charge in [0.25, 0.3) is 0 Å². The van der Waals surface area contributed by atoms with Crippen molar-refractivity contribution in [2.75, 3.05) is 57.4 Å². The van der Waals surface area contributed by atoms with Crippen LogP contribution < -0.4 is 9.62 Å². The number of amides is 1. The van der Waals surface area contributed by atoms with E-state index in [1.807, 2.05) is 25.7 Å². The highest BCUT2D eigenvalue weighted by atomic mass is 32.2. The third-order valence-corrected chi connectivity index (χ3v) is 6.73. The van der Waals surface area contributed by atoms with E-state index in [1.165, 1.54) is 24.1 Å². The lowest BCUT2D eigenvalue weighted by Crippen LogP contribution is -2.47. The summed E-state index contributed by atoms with van der Waals surface area (Å²) in [6.45, 7) is 12.8. The lowest BCUT2D eigenvalue weighted by Gasteiger charge is -2.38. The van der Waals surface area contributed by atoms with E-state index in [4.69, 9.17) is 9.84 Å². The molecule has 2 aliphatic heterocycles. The molecule has 3 rings (SSSR count). The van der Waals surface area contributed by atoms with Gasteiger partial charge in [0.1, 0.15) is 12.3 Å². The second kappa shape index (κ2) is 11.4. The Morgan fingerprint density at radius 2 is 1.74 bits per heavy atom. The second-order valence-electron chi connectivity index (χ2n) is 9.43. The number of nitrogens with zero attached hydrogens (tertiary/aromatic N) is 3.